The summed E-state index contributed by atoms with van der Waals surface area (Å²) in [6.07, 6.45) is 0. The van der Waals surface area contributed by atoms with E-state index in [4.69, 9.17) is 14.6 Å². The summed E-state index contributed by atoms with van der Waals surface area (Å²) in [5.41, 5.74) is 1.43. The first-order valence-electron chi connectivity index (χ1n) is 6.83. The Kier molecular flexibility index (Phi) is 4.31. The molecule has 0 amide bonds. The second-order valence-corrected chi connectivity index (χ2v) is 7.48. The molecule has 9 heteroatoms. The van der Waals surface area contributed by atoms with E-state index in [0.717, 1.165) is 10.2 Å². The van der Waals surface area contributed by atoms with Gasteiger partial charge in [-0.3, -0.25) is 0 Å². The monoisotopic (exact) mass is 365 g/mol. The number of aromatic nitrogens is 1. The Hall–Kier alpha value is -2.36. The number of ether oxygens (including phenoxy) is 2. The minimum atomic E-state index is -3.70. The standard InChI is InChI=1S/C15H15N3O4S2/c1-21-10-7-12(22-2)14-13(8-10)23-15(18-14)17-9-3-5-11(6-4-9)24(16,19)20/h3-8H,1-2H3,(H,17,18)(H2,16,19,20). The van der Waals surface area contributed by atoms with Gasteiger partial charge < -0.3 is 14.8 Å². The number of primary sulfonamides is 1. The average molecular weight is 365 g/mol. The summed E-state index contributed by atoms with van der Waals surface area (Å²) in [5.74, 6) is 1.31. The van der Waals surface area contributed by atoms with Crippen LogP contribution in [0.25, 0.3) is 10.2 Å². The van der Waals surface area contributed by atoms with Crippen LogP contribution in [0.4, 0.5) is 10.8 Å². The van der Waals surface area contributed by atoms with Gasteiger partial charge in [-0.05, 0) is 30.3 Å². The highest BCUT2D eigenvalue weighted by molar-refractivity contribution is 7.89. The number of nitrogens with two attached hydrogens (primary N) is 1. The van der Waals surface area contributed by atoms with E-state index in [1.165, 1.54) is 23.5 Å². The molecule has 0 saturated heterocycles. The van der Waals surface area contributed by atoms with Gasteiger partial charge in [-0.1, -0.05) is 11.3 Å². The molecule has 0 aliphatic carbocycles. The second kappa shape index (κ2) is 6.27. The Morgan fingerprint density at radius 2 is 1.83 bits per heavy atom. The minimum absolute atomic E-state index is 0.0590. The Morgan fingerprint density at radius 1 is 1.12 bits per heavy atom. The molecule has 7 nitrogen and oxygen atoms in total. The van der Waals surface area contributed by atoms with Crippen LogP contribution in [0.1, 0.15) is 0 Å². The van der Waals surface area contributed by atoms with Gasteiger partial charge in [0.25, 0.3) is 0 Å². The van der Waals surface area contributed by atoms with Crippen LogP contribution >= 0.6 is 11.3 Å². The van der Waals surface area contributed by atoms with Crippen molar-refractivity contribution in [3.05, 3.63) is 36.4 Å². The van der Waals surface area contributed by atoms with E-state index in [9.17, 15) is 8.42 Å². The van der Waals surface area contributed by atoms with E-state index in [0.29, 0.717) is 22.3 Å². The highest BCUT2D eigenvalue weighted by atomic mass is 32.2. The van der Waals surface area contributed by atoms with Crippen molar-refractivity contribution in [1.29, 1.82) is 0 Å². The summed E-state index contributed by atoms with van der Waals surface area (Å²) < 4.78 is 34.0. The predicted molar refractivity (Wildman–Crippen MR) is 93.8 cm³/mol. The fraction of sp³-hybridized carbons (Fsp3) is 0.133. The number of anilines is 2. The zero-order valence-corrected chi connectivity index (χ0v) is 14.6. The lowest BCUT2D eigenvalue weighted by Gasteiger charge is -2.04. The Bertz CT molecular complexity index is 982. The van der Waals surface area contributed by atoms with Gasteiger partial charge in [-0.2, -0.15) is 0 Å². The number of hydrogen-bond donors (Lipinski definition) is 2. The van der Waals surface area contributed by atoms with E-state index >= 15 is 0 Å². The molecular weight excluding hydrogens is 350 g/mol. The van der Waals surface area contributed by atoms with Crippen LogP contribution in [0.15, 0.2) is 41.3 Å². The first-order valence-corrected chi connectivity index (χ1v) is 9.19. The molecule has 0 unspecified atom stereocenters. The van der Waals surface area contributed by atoms with E-state index < -0.39 is 10.0 Å². The quantitative estimate of drug-likeness (QED) is 0.720. The van der Waals surface area contributed by atoms with Crippen molar-refractivity contribution >= 4 is 42.4 Å². The van der Waals surface area contributed by atoms with Crippen molar-refractivity contribution in [3.63, 3.8) is 0 Å². The Balaban J connectivity index is 1.93. The number of nitrogens with one attached hydrogen (secondary N) is 1. The minimum Gasteiger partial charge on any atom is -0.497 e. The van der Waals surface area contributed by atoms with E-state index in [1.54, 1.807) is 32.4 Å². The van der Waals surface area contributed by atoms with Crippen LogP contribution in [0.3, 0.4) is 0 Å². The van der Waals surface area contributed by atoms with Crippen LogP contribution in [-0.2, 0) is 10.0 Å². The Labute approximate surface area is 143 Å². The van der Waals surface area contributed by atoms with Crippen molar-refractivity contribution < 1.29 is 17.9 Å². The van der Waals surface area contributed by atoms with Crippen LogP contribution in [-0.4, -0.2) is 27.6 Å². The largest absolute Gasteiger partial charge is 0.497 e. The molecule has 0 atom stereocenters. The summed E-state index contributed by atoms with van der Waals surface area (Å²) in [6, 6.07) is 9.79. The third kappa shape index (κ3) is 3.28. The first-order chi connectivity index (χ1) is 11.4. The van der Waals surface area contributed by atoms with Crippen LogP contribution in [0, 0.1) is 0 Å². The lowest BCUT2D eigenvalue weighted by molar-refractivity contribution is 0.397. The zero-order valence-electron chi connectivity index (χ0n) is 12.9. The number of sulfonamides is 1. The maximum Gasteiger partial charge on any atom is 0.238 e. The Morgan fingerprint density at radius 3 is 2.42 bits per heavy atom. The molecule has 3 aromatic rings. The maximum atomic E-state index is 11.3. The van der Waals surface area contributed by atoms with Gasteiger partial charge in [0.1, 0.15) is 17.0 Å². The van der Waals surface area contributed by atoms with Crippen molar-refractivity contribution in [2.45, 2.75) is 4.90 Å². The van der Waals surface area contributed by atoms with Crippen molar-refractivity contribution in [1.82, 2.24) is 4.98 Å². The lowest BCUT2D eigenvalue weighted by atomic mass is 10.3. The molecule has 3 N–H and O–H groups in total. The normalized spacial score (nSPS) is 11.5. The van der Waals surface area contributed by atoms with Gasteiger partial charge in [-0.15, -0.1) is 0 Å². The molecule has 0 fully saturated rings. The first kappa shape index (κ1) is 16.5. The molecule has 3 rings (SSSR count). The van der Waals surface area contributed by atoms with Crippen molar-refractivity contribution in [3.8, 4) is 11.5 Å². The van der Waals surface area contributed by atoms with Gasteiger partial charge >= 0.3 is 0 Å². The molecule has 0 aliphatic rings. The third-order valence-corrected chi connectivity index (χ3v) is 5.17. The molecule has 0 aliphatic heterocycles. The summed E-state index contributed by atoms with van der Waals surface area (Å²) >= 11 is 1.44. The van der Waals surface area contributed by atoms with Crippen molar-refractivity contribution in [2.75, 3.05) is 19.5 Å². The highest BCUT2D eigenvalue weighted by Crippen LogP contribution is 2.37. The number of nitrogens with zero attached hydrogens (tertiary/aromatic N) is 1. The van der Waals surface area contributed by atoms with Crippen molar-refractivity contribution in [2.24, 2.45) is 5.14 Å². The van der Waals surface area contributed by atoms with Crippen LogP contribution in [0.5, 0.6) is 11.5 Å². The summed E-state index contributed by atoms with van der Waals surface area (Å²) in [4.78, 5) is 4.57. The number of benzene rings is 2. The van der Waals surface area contributed by atoms with E-state index in [2.05, 4.69) is 10.3 Å². The number of hydrogen-bond acceptors (Lipinski definition) is 7. The number of rotatable bonds is 5. The molecule has 1 heterocycles. The molecule has 24 heavy (non-hydrogen) atoms. The van der Waals surface area contributed by atoms with Gasteiger partial charge in [-0.25, -0.2) is 18.5 Å². The van der Waals surface area contributed by atoms with Crippen LogP contribution in [0.2, 0.25) is 0 Å². The van der Waals surface area contributed by atoms with Gasteiger partial charge in [0, 0.05) is 11.8 Å². The topological polar surface area (TPSA) is 104 Å². The molecular formula is C15H15N3O4S2. The molecule has 0 bridgehead atoms. The fourth-order valence-electron chi connectivity index (χ4n) is 2.15. The number of fused-ring (bicyclic) bond motifs is 1. The van der Waals surface area contributed by atoms with Gasteiger partial charge in [0.05, 0.1) is 23.8 Å². The molecule has 0 saturated carbocycles. The van der Waals surface area contributed by atoms with Crippen LogP contribution < -0.4 is 19.9 Å². The highest BCUT2D eigenvalue weighted by Gasteiger charge is 2.12. The molecule has 0 radical (unpaired) electrons. The average Bonchev–Trinajstić information content (AvgIpc) is 2.95. The molecule has 126 valence electrons. The smallest absolute Gasteiger partial charge is 0.238 e. The number of methoxy groups -OCH3 is 2. The third-order valence-electron chi connectivity index (χ3n) is 3.32. The molecule has 1 aromatic heterocycles. The van der Waals surface area contributed by atoms with Gasteiger partial charge in [0.15, 0.2) is 5.13 Å². The van der Waals surface area contributed by atoms with Gasteiger partial charge in [0.2, 0.25) is 10.0 Å². The fourth-order valence-corrected chi connectivity index (χ4v) is 3.60. The van der Waals surface area contributed by atoms with E-state index in [-0.39, 0.29) is 4.90 Å². The van der Waals surface area contributed by atoms with E-state index in [1.807, 2.05) is 6.07 Å². The summed E-state index contributed by atoms with van der Waals surface area (Å²) in [7, 11) is -0.534. The zero-order chi connectivity index (χ0) is 17.3. The maximum absolute atomic E-state index is 11.3. The molecule has 2 aromatic carbocycles. The second-order valence-electron chi connectivity index (χ2n) is 4.89. The predicted octanol–water partition coefficient (Wildman–Crippen LogP) is 2.70. The number of thiazole rings is 1. The lowest BCUT2D eigenvalue weighted by Crippen LogP contribution is -2.11. The summed E-state index contributed by atoms with van der Waals surface area (Å²) in [5, 5.41) is 8.87. The molecule has 0 spiro atoms. The summed E-state index contributed by atoms with van der Waals surface area (Å²) in [6.45, 7) is 0. The SMILES string of the molecule is COc1cc(OC)c2nc(Nc3ccc(S(N)(=O)=O)cc3)sc2c1.